The monoisotopic (exact) mass is 356 g/mol. The number of rotatable bonds is 9. The van der Waals surface area contributed by atoms with Crippen LogP contribution in [0.1, 0.15) is 42.1 Å². The molecule has 0 saturated heterocycles. The first-order valence-corrected chi connectivity index (χ1v) is 8.99. The van der Waals surface area contributed by atoms with E-state index in [2.05, 4.69) is 17.2 Å². The molecule has 1 heterocycles. The molecule has 0 amide bonds. The van der Waals surface area contributed by atoms with Crippen molar-refractivity contribution in [2.45, 2.75) is 52.8 Å². The van der Waals surface area contributed by atoms with E-state index >= 15 is 0 Å². The summed E-state index contributed by atoms with van der Waals surface area (Å²) in [6, 6.07) is 9.35. The number of pyridine rings is 1. The lowest BCUT2D eigenvalue weighted by Crippen LogP contribution is -2.37. The van der Waals surface area contributed by atoms with Crippen molar-refractivity contribution in [2.75, 3.05) is 7.11 Å². The molecule has 0 radical (unpaired) electrons. The van der Waals surface area contributed by atoms with E-state index in [1.165, 1.54) is 0 Å². The SMILES string of the molecule is CCC[C@H](NCc1ncc(C)c(OC)c1C)C(=O)OCc1ccccc1. The summed E-state index contributed by atoms with van der Waals surface area (Å²) in [5.41, 5.74) is 3.86. The highest BCUT2D eigenvalue weighted by Crippen LogP contribution is 2.24. The molecule has 0 saturated carbocycles. The normalized spacial score (nSPS) is 11.8. The van der Waals surface area contributed by atoms with Crippen LogP contribution in [0.3, 0.4) is 0 Å². The second-order valence-electron chi connectivity index (χ2n) is 6.36. The van der Waals surface area contributed by atoms with Crippen LogP contribution in [0.15, 0.2) is 36.5 Å². The molecular formula is C21H28N2O3. The predicted molar refractivity (Wildman–Crippen MR) is 102 cm³/mol. The Balaban J connectivity index is 1.98. The van der Waals surface area contributed by atoms with Gasteiger partial charge in [0, 0.05) is 23.9 Å². The van der Waals surface area contributed by atoms with Gasteiger partial charge in [-0.1, -0.05) is 43.7 Å². The van der Waals surface area contributed by atoms with Crippen molar-refractivity contribution in [3.63, 3.8) is 0 Å². The van der Waals surface area contributed by atoms with E-state index in [0.29, 0.717) is 6.54 Å². The summed E-state index contributed by atoms with van der Waals surface area (Å²) in [6.45, 7) is 6.79. The Hall–Kier alpha value is -2.40. The van der Waals surface area contributed by atoms with Gasteiger partial charge in [-0.15, -0.1) is 0 Å². The molecule has 1 atom stereocenters. The zero-order valence-electron chi connectivity index (χ0n) is 16.0. The number of ether oxygens (including phenoxy) is 2. The second kappa shape index (κ2) is 9.92. The largest absolute Gasteiger partial charge is 0.496 e. The number of benzene rings is 1. The molecule has 1 aromatic carbocycles. The molecule has 0 aliphatic carbocycles. The molecule has 1 N–H and O–H groups in total. The molecule has 5 heteroatoms. The molecule has 0 aliphatic heterocycles. The van der Waals surface area contributed by atoms with Crippen molar-refractivity contribution in [1.82, 2.24) is 10.3 Å². The van der Waals surface area contributed by atoms with Gasteiger partial charge in [-0.25, -0.2) is 0 Å². The number of nitrogens with zero attached hydrogens (tertiary/aromatic N) is 1. The number of hydrogen-bond donors (Lipinski definition) is 1. The van der Waals surface area contributed by atoms with Crippen LogP contribution in [-0.2, 0) is 22.7 Å². The fraction of sp³-hybridized carbons (Fsp3) is 0.429. The van der Waals surface area contributed by atoms with E-state index in [9.17, 15) is 4.79 Å². The average Bonchev–Trinajstić information content (AvgIpc) is 2.65. The van der Waals surface area contributed by atoms with Gasteiger partial charge in [0.25, 0.3) is 0 Å². The van der Waals surface area contributed by atoms with Crippen molar-refractivity contribution >= 4 is 5.97 Å². The quantitative estimate of drug-likeness (QED) is 0.694. The number of aromatic nitrogens is 1. The molecule has 5 nitrogen and oxygen atoms in total. The van der Waals surface area contributed by atoms with E-state index < -0.39 is 0 Å². The van der Waals surface area contributed by atoms with Crippen LogP contribution >= 0.6 is 0 Å². The first kappa shape index (κ1) is 19.9. The predicted octanol–water partition coefficient (Wildman–Crippen LogP) is 3.71. The van der Waals surface area contributed by atoms with Gasteiger partial charge in [0.1, 0.15) is 18.4 Å². The number of hydrogen-bond acceptors (Lipinski definition) is 5. The van der Waals surface area contributed by atoms with Crippen LogP contribution in [0.25, 0.3) is 0 Å². The zero-order chi connectivity index (χ0) is 18.9. The summed E-state index contributed by atoms with van der Waals surface area (Å²) in [4.78, 5) is 16.9. The van der Waals surface area contributed by atoms with Crippen LogP contribution in [0.5, 0.6) is 5.75 Å². The second-order valence-corrected chi connectivity index (χ2v) is 6.36. The van der Waals surface area contributed by atoms with Gasteiger partial charge in [0.15, 0.2) is 0 Å². The first-order valence-electron chi connectivity index (χ1n) is 8.99. The smallest absolute Gasteiger partial charge is 0.323 e. The minimum atomic E-state index is -0.350. The minimum Gasteiger partial charge on any atom is -0.496 e. The molecule has 2 rings (SSSR count). The number of nitrogens with one attached hydrogen (secondary N) is 1. The van der Waals surface area contributed by atoms with Crippen molar-refractivity contribution < 1.29 is 14.3 Å². The molecule has 0 bridgehead atoms. The van der Waals surface area contributed by atoms with Crippen molar-refractivity contribution in [2.24, 2.45) is 0 Å². The summed E-state index contributed by atoms with van der Waals surface area (Å²) in [5.74, 6) is 0.614. The Morgan fingerprint density at radius 3 is 2.62 bits per heavy atom. The van der Waals surface area contributed by atoms with Crippen LogP contribution in [-0.4, -0.2) is 24.1 Å². The van der Waals surface area contributed by atoms with Crippen LogP contribution < -0.4 is 10.1 Å². The van der Waals surface area contributed by atoms with Gasteiger partial charge in [-0.05, 0) is 25.8 Å². The fourth-order valence-corrected chi connectivity index (χ4v) is 2.89. The van der Waals surface area contributed by atoms with Crippen LogP contribution in [0.4, 0.5) is 0 Å². The Kier molecular flexibility index (Phi) is 7.60. The Bertz CT molecular complexity index is 717. The van der Waals surface area contributed by atoms with Crippen molar-refractivity contribution in [1.29, 1.82) is 0 Å². The van der Waals surface area contributed by atoms with Crippen LogP contribution in [0.2, 0.25) is 0 Å². The topological polar surface area (TPSA) is 60.5 Å². The molecule has 26 heavy (non-hydrogen) atoms. The highest BCUT2D eigenvalue weighted by molar-refractivity contribution is 5.75. The fourth-order valence-electron chi connectivity index (χ4n) is 2.89. The number of aryl methyl sites for hydroxylation is 1. The lowest BCUT2D eigenvalue weighted by Gasteiger charge is -2.18. The maximum Gasteiger partial charge on any atom is 0.323 e. The molecule has 0 unspecified atom stereocenters. The minimum absolute atomic E-state index is 0.229. The maximum absolute atomic E-state index is 12.5. The lowest BCUT2D eigenvalue weighted by atomic mass is 10.1. The summed E-state index contributed by atoms with van der Waals surface area (Å²) in [5, 5.41) is 3.29. The Morgan fingerprint density at radius 2 is 1.96 bits per heavy atom. The third-order valence-electron chi connectivity index (χ3n) is 4.35. The van der Waals surface area contributed by atoms with Gasteiger partial charge in [0.05, 0.1) is 12.8 Å². The van der Waals surface area contributed by atoms with Gasteiger partial charge in [-0.2, -0.15) is 0 Å². The Labute approximate surface area is 155 Å². The maximum atomic E-state index is 12.5. The molecule has 0 aliphatic rings. The third-order valence-corrected chi connectivity index (χ3v) is 4.35. The summed E-state index contributed by atoms with van der Waals surface area (Å²) < 4.78 is 10.9. The number of carbonyl (C=O) groups is 1. The van der Waals surface area contributed by atoms with E-state index in [-0.39, 0.29) is 18.6 Å². The van der Waals surface area contributed by atoms with E-state index in [4.69, 9.17) is 9.47 Å². The van der Waals surface area contributed by atoms with E-state index in [0.717, 1.165) is 41.0 Å². The number of esters is 1. The summed E-state index contributed by atoms with van der Waals surface area (Å²) in [6.07, 6.45) is 3.41. The summed E-state index contributed by atoms with van der Waals surface area (Å²) >= 11 is 0. The number of carbonyl (C=O) groups excluding carboxylic acids is 1. The number of methoxy groups -OCH3 is 1. The Morgan fingerprint density at radius 1 is 1.23 bits per heavy atom. The zero-order valence-corrected chi connectivity index (χ0v) is 16.0. The van der Waals surface area contributed by atoms with Gasteiger partial charge >= 0.3 is 5.97 Å². The highest BCUT2D eigenvalue weighted by Gasteiger charge is 2.20. The highest BCUT2D eigenvalue weighted by atomic mass is 16.5. The molecule has 0 fully saturated rings. The first-order chi connectivity index (χ1) is 12.6. The van der Waals surface area contributed by atoms with E-state index in [1.807, 2.05) is 44.2 Å². The molecule has 0 spiro atoms. The van der Waals surface area contributed by atoms with Crippen LogP contribution in [0, 0.1) is 13.8 Å². The molecule has 1 aromatic heterocycles. The third kappa shape index (κ3) is 5.30. The average molecular weight is 356 g/mol. The molecule has 140 valence electrons. The van der Waals surface area contributed by atoms with Crippen molar-refractivity contribution in [3.8, 4) is 5.75 Å². The lowest BCUT2D eigenvalue weighted by molar-refractivity contribution is -0.147. The molecular weight excluding hydrogens is 328 g/mol. The molecule has 2 aromatic rings. The van der Waals surface area contributed by atoms with Gasteiger partial charge in [-0.3, -0.25) is 15.1 Å². The summed E-state index contributed by atoms with van der Waals surface area (Å²) in [7, 11) is 1.66. The standard InChI is InChI=1S/C21H28N2O3/c1-5-9-18(21(24)26-14-17-10-7-6-8-11-17)23-13-19-16(3)20(25-4)15(2)12-22-19/h6-8,10-12,18,23H,5,9,13-14H2,1-4H3/t18-/m0/s1. The van der Waals surface area contributed by atoms with Gasteiger partial charge < -0.3 is 9.47 Å². The van der Waals surface area contributed by atoms with E-state index in [1.54, 1.807) is 13.3 Å². The van der Waals surface area contributed by atoms with Crippen molar-refractivity contribution in [3.05, 3.63) is 58.9 Å². The van der Waals surface area contributed by atoms with Gasteiger partial charge in [0.2, 0.25) is 0 Å².